The summed E-state index contributed by atoms with van der Waals surface area (Å²) in [6.45, 7) is 2.58. The van der Waals surface area contributed by atoms with Crippen LogP contribution in [0.1, 0.15) is 40.9 Å². The summed E-state index contributed by atoms with van der Waals surface area (Å²) in [6, 6.07) is 11.8. The third-order valence-corrected chi connectivity index (χ3v) is 7.18. The molecule has 0 spiro atoms. The van der Waals surface area contributed by atoms with Crippen molar-refractivity contribution in [2.24, 2.45) is 0 Å². The lowest BCUT2D eigenvalue weighted by Crippen LogP contribution is -2.52. The molecule has 3 aliphatic heterocycles. The van der Waals surface area contributed by atoms with Gasteiger partial charge in [0.25, 0.3) is 5.91 Å². The van der Waals surface area contributed by atoms with E-state index in [1.54, 1.807) is 24.4 Å². The number of imide groups is 1. The molecule has 3 amide bonds. The number of piperidine rings is 1. The first kappa shape index (κ1) is 22.6. The highest BCUT2D eigenvalue weighted by molar-refractivity contribution is 6.05. The van der Waals surface area contributed by atoms with Crippen LogP contribution >= 0.6 is 0 Å². The van der Waals surface area contributed by atoms with Gasteiger partial charge in [-0.3, -0.25) is 29.6 Å². The van der Waals surface area contributed by atoms with Crippen molar-refractivity contribution in [3.8, 4) is 5.75 Å². The summed E-state index contributed by atoms with van der Waals surface area (Å²) in [5, 5.41) is 3.69. The van der Waals surface area contributed by atoms with Crippen LogP contribution in [0.3, 0.4) is 0 Å². The third kappa shape index (κ3) is 4.19. The second-order valence-electron chi connectivity index (χ2n) is 9.62. The summed E-state index contributed by atoms with van der Waals surface area (Å²) in [5.74, 6) is -0.482. The number of likely N-dealkylation sites (tertiary alicyclic amines) is 1. The minimum absolute atomic E-state index is 0.00398. The summed E-state index contributed by atoms with van der Waals surface area (Å²) >= 11 is 0. The Balaban J connectivity index is 1.08. The standard InChI is InChI=1S/C27H25FN4O4/c28-23-3-1-2-16-10-18(29-12-22(16)23)14-31-9-8-20(15-31)36-19-4-5-21-17(11-19)13-32(27(21)35)24-6-7-25(33)30-26(24)34/h1-5,10-12,20,24H,6-9,13-15H2,(H,30,33,34)/t20-,24?/m0/s1. The lowest BCUT2D eigenvalue weighted by Gasteiger charge is -2.29. The van der Waals surface area contributed by atoms with E-state index in [9.17, 15) is 18.8 Å². The number of amides is 3. The number of hydrogen-bond acceptors (Lipinski definition) is 6. The molecule has 2 fully saturated rings. The first-order valence-electron chi connectivity index (χ1n) is 12.1. The summed E-state index contributed by atoms with van der Waals surface area (Å²) in [7, 11) is 0. The molecule has 1 N–H and O–H groups in total. The van der Waals surface area contributed by atoms with Gasteiger partial charge in [-0.25, -0.2) is 4.39 Å². The van der Waals surface area contributed by atoms with Crippen LogP contribution in [0.25, 0.3) is 10.8 Å². The van der Waals surface area contributed by atoms with Crippen molar-refractivity contribution < 1.29 is 23.5 Å². The van der Waals surface area contributed by atoms with Gasteiger partial charge in [-0.05, 0) is 54.1 Å². The van der Waals surface area contributed by atoms with E-state index in [-0.39, 0.29) is 30.2 Å². The van der Waals surface area contributed by atoms with Crippen molar-refractivity contribution in [2.45, 2.75) is 44.5 Å². The zero-order chi connectivity index (χ0) is 24.8. The van der Waals surface area contributed by atoms with Gasteiger partial charge in [0.15, 0.2) is 0 Å². The van der Waals surface area contributed by atoms with Crippen LogP contribution in [0, 0.1) is 5.82 Å². The van der Waals surface area contributed by atoms with Crippen LogP contribution < -0.4 is 10.1 Å². The van der Waals surface area contributed by atoms with Gasteiger partial charge in [0.05, 0.1) is 5.69 Å². The molecule has 184 valence electrons. The highest BCUT2D eigenvalue weighted by atomic mass is 19.1. The molecule has 4 heterocycles. The number of halogens is 1. The van der Waals surface area contributed by atoms with Crippen LogP contribution in [0.2, 0.25) is 0 Å². The molecule has 3 aliphatic rings. The number of nitrogens with zero attached hydrogens (tertiary/aromatic N) is 3. The number of aromatic nitrogens is 1. The topological polar surface area (TPSA) is 91.8 Å². The van der Waals surface area contributed by atoms with Crippen molar-refractivity contribution >= 4 is 28.5 Å². The Bertz CT molecular complexity index is 1390. The highest BCUT2D eigenvalue weighted by Gasteiger charge is 2.39. The predicted molar refractivity (Wildman–Crippen MR) is 128 cm³/mol. The fourth-order valence-electron chi connectivity index (χ4n) is 5.35. The summed E-state index contributed by atoms with van der Waals surface area (Å²) < 4.78 is 20.2. The highest BCUT2D eigenvalue weighted by Crippen LogP contribution is 2.31. The Labute approximate surface area is 207 Å². The molecule has 1 aromatic heterocycles. The molecule has 9 heteroatoms. The molecule has 6 rings (SSSR count). The number of rotatable bonds is 5. The Morgan fingerprint density at radius 1 is 1.11 bits per heavy atom. The minimum Gasteiger partial charge on any atom is -0.489 e. The lowest BCUT2D eigenvalue weighted by atomic mass is 10.0. The zero-order valence-electron chi connectivity index (χ0n) is 19.6. The van der Waals surface area contributed by atoms with Crippen LogP contribution in [0.4, 0.5) is 4.39 Å². The van der Waals surface area contributed by atoms with Crippen molar-refractivity contribution in [3.63, 3.8) is 0 Å². The van der Waals surface area contributed by atoms with Gasteiger partial charge in [0.1, 0.15) is 23.7 Å². The SMILES string of the molecule is O=C1CCC(N2Cc3cc(O[C@H]4CCN(Cc5cc6cccc(F)c6cn5)C4)ccc3C2=O)C(=O)N1. The van der Waals surface area contributed by atoms with E-state index in [0.717, 1.165) is 36.2 Å². The van der Waals surface area contributed by atoms with E-state index < -0.39 is 11.9 Å². The number of benzene rings is 2. The molecule has 1 unspecified atom stereocenters. The van der Waals surface area contributed by atoms with Crippen molar-refractivity contribution in [1.29, 1.82) is 0 Å². The van der Waals surface area contributed by atoms with Crippen LogP contribution in [0.15, 0.2) is 48.7 Å². The van der Waals surface area contributed by atoms with E-state index >= 15 is 0 Å². The van der Waals surface area contributed by atoms with Gasteiger partial charge in [0, 0.05) is 49.7 Å². The van der Waals surface area contributed by atoms with Crippen LogP contribution in [0.5, 0.6) is 5.75 Å². The largest absolute Gasteiger partial charge is 0.489 e. The number of pyridine rings is 1. The molecule has 0 bridgehead atoms. The maximum Gasteiger partial charge on any atom is 0.255 e. The molecule has 0 saturated carbocycles. The molecule has 0 aliphatic carbocycles. The van der Waals surface area contributed by atoms with Crippen molar-refractivity contribution in [1.82, 2.24) is 20.1 Å². The molecule has 3 aromatic rings. The number of carbonyl (C=O) groups is 3. The van der Waals surface area contributed by atoms with Gasteiger partial charge >= 0.3 is 0 Å². The van der Waals surface area contributed by atoms with E-state index in [1.807, 2.05) is 18.2 Å². The zero-order valence-corrected chi connectivity index (χ0v) is 19.6. The Morgan fingerprint density at radius 2 is 2.00 bits per heavy atom. The molecule has 0 radical (unpaired) electrons. The van der Waals surface area contributed by atoms with Crippen LogP contribution in [-0.4, -0.2) is 57.7 Å². The Morgan fingerprint density at radius 3 is 2.86 bits per heavy atom. The van der Waals surface area contributed by atoms with E-state index in [2.05, 4.69) is 15.2 Å². The van der Waals surface area contributed by atoms with E-state index in [0.29, 0.717) is 36.2 Å². The van der Waals surface area contributed by atoms with Gasteiger partial charge in [0.2, 0.25) is 11.8 Å². The summed E-state index contributed by atoms with van der Waals surface area (Å²) in [5.41, 5.74) is 2.28. The number of nitrogens with one attached hydrogen (secondary N) is 1. The van der Waals surface area contributed by atoms with Crippen molar-refractivity contribution in [2.75, 3.05) is 13.1 Å². The Hall–Kier alpha value is -3.85. The van der Waals surface area contributed by atoms with E-state index in [1.165, 1.54) is 11.0 Å². The monoisotopic (exact) mass is 488 g/mol. The third-order valence-electron chi connectivity index (χ3n) is 7.18. The molecule has 2 atom stereocenters. The Kier molecular flexibility index (Phi) is 5.64. The maximum atomic E-state index is 13.9. The maximum absolute atomic E-state index is 13.9. The van der Waals surface area contributed by atoms with Crippen LogP contribution in [-0.2, 0) is 22.7 Å². The normalized spacial score (nSPS) is 22.2. The average molecular weight is 489 g/mol. The fraction of sp³-hybridized carbons (Fsp3) is 0.333. The number of fused-ring (bicyclic) bond motifs is 2. The molecule has 2 aromatic carbocycles. The molecule has 2 saturated heterocycles. The first-order valence-corrected chi connectivity index (χ1v) is 12.1. The molecule has 36 heavy (non-hydrogen) atoms. The summed E-state index contributed by atoms with van der Waals surface area (Å²) in [4.78, 5) is 44.8. The first-order chi connectivity index (χ1) is 17.4. The average Bonchev–Trinajstić information content (AvgIpc) is 3.42. The lowest BCUT2D eigenvalue weighted by molar-refractivity contribution is -0.136. The summed E-state index contributed by atoms with van der Waals surface area (Å²) in [6.07, 6.45) is 3.03. The van der Waals surface area contributed by atoms with Gasteiger partial charge in [-0.15, -0.1) is 0 Å². The van der Waals surface area contributed by atoms with Gasteiger partial charge in [-0.2, -0.15) is 0 Å². The molecular formula is C27H25FN4O4. The van der Waals surface area contributed by atoms with Crippen molar-refractivity contribution in [3.05, 3.63) is 71.3 Å². The van der Waals surface area contributed by atoms with E-state index in [4.69, 9.17) is 4.74 Å². The second-order valence-corrected chi connectivity index (χ2v) is 9.62. The van der Waals surface area contributed by atoms with Gasteiger partial charge in [-0.1, -0.05) is 12.1 Å². The number of ether oxygens (including phenoxy) is 1. The second kappa shape index (κ2) is 8.98. The predicted octanol–water partition coefficient (Wildman–Crippen LogP) is 2.79. The minimum atomic E-state index is -0.629. The number of hydrogen-bond donors (Lipinski definition) is 1. The number of carbonyl (C=O) groups excluding carboxylic acids is 3. The molecule has 8 nitrogen and oxygen atoms in total. The quantitative estimate of drug-likeness (QED) is 0.556. The van der Waals surface area contributed by atoms with Gasteiger partial charge < -0.3 is 9.64 Å². The molecular weight excluding hydrogens is 463 g/mol. The fourth-order valence-corrected chi connectivity index (χ4v) is 5.35. The smallest absolute Gasteiger partial charge is 0.255 e.